The van der Waals surface area contributed by atoms with E-state index < -0.39 is 0 Å². The van der Waals surface area contributed by atoms with E-state index in [1.165, 1.54) is 6.20 Å². The van der Waals surface area contributed by atoms with Gasteiger partial charge in [0.05, 0.1) is 24.5 Å². The molecule has 2 aromatic heterocycles. The lowest BCUT2D eigenvalue weighted by atomic mass is 10.2. The normalized spacial score (nSPS) is 10.2. The molecule has 0 aliphatic heterocycles. The molecule has 2 rings (SSSR count). The molecule has 0 fully saturated rings. The van der Waals surface area contributed by atoms with Crippen LogP contribution in [-0.2, 0) is 18.3 Å². The molecule has 0 spiro atoms. The molecule has 2 aromatic rings. The molecule has 3 N–H and O–H groups in total. The number of hydrogen-bond acceptors (Lipinski definition) is 4. The van der Waals surface area contributed by atoms with E-state index in [4.69, 9.17) is 5.73 Å². The van der Waals surface area contributed by atoms with Crippen molar-refractivity contribution in [3.05, 3.63) is 36.3 Å². The Morgan fingerprint density at radius 3 is 2.88 bits per heavy atom. The highest BCUT2D eigenvalue weighted by molar-refractivity contribution is 5.91. The number of hydrogen-bond donors (Lipinski definition) is 2. The van der Waals surface area contributed by atoms with Crippen LogP contribution in [0.25, 0.3) is 0 Å². The van der Waals surface area contributed by atoms with Gasteiger partial charge in [-0.3, -0.25) is 14.5 Å². The van der Waals surface area contributed by atoms with Crippen LogP contribution in [0.3, 0.4) is 0 Å². The fourth-order valence-corrected chi connectivity index (χ4v) is 1.39. The number of carbonyl (C=O) groups excluding carboxylic acids is 1. The number of nitrogens with one attached hydrogen (secondary N) is 1. The summed E-state index contributed by atoms with van der Waals surface area (Å²) in [4.78, 5) is 15.8. The number of rotatable bonds is 3. The number of carbonyl (C=O) groups is 1. The second kappa shape index (κ2) is 4.65. The summed E-state index contributed by atoms with van der Waals surface area (Å²) in [7, 11) is 1.76. The summed E-state index contributed by atoms with van der Waals surface area (Å²) in [5, 5.41) is 6.70. The van der Waals surface area contributed by atoms with Gasteiger partial charge in [0.2, 0.25) is 5.91 Å². The molecule has 0 bridgehead atoms. The van der Waals surface area contributed by atoms with Crippen molar-refractivity contribution in [3.63, 3.8) is 0 Å². The molecule has 0 aliphatic carbocycles. The summed E-state index contributed by atoms with van der Waals surface area (Å²) in [6, 6.07) is 5.19. The highest BCUT2D eigenvalue weighted by atomic mass is 16.1. The molecule has 0 aromatic carbocycles. The molecule has 2 heterocycles. The van der Waals surface area contributed by atoms with E-state index >= 15 is 0 Å². The number of nitrogen functional groups attached to an aromatic ring is 1. The Kier molecular flexibility index (Phi) is 3.04. The third kappa shape index (κ3) is 2.81. The molecule has 6 heteroatoms. The minimum atomic E-state index is -0.133. The van der Waals surface area contributed by atoms with Crippen molar-refractivity contribution in [1.29, 1.82) is 0 Å². The van der Waals surface area contributed by atoms with Crippen LogP contribution in [0.1, 0.15) is 5.69 Å². The maximum atomic E-state index is 11.7. The summed E-state index contributed by atoms with van der Waals surface area (Å²) in [6.07, 6.45) is 3.37. The minimum absolute atomic E-state index is 0.133. The summed E-state index contributed by atoms with van der Waals surface area (Å²) in [6.45, 7) is 0. The van der Waals surface area contributed by atoms with E-state index in [0.717, 1.165) is 0 Å². The molecule has 88 valence electrons. The zero-order chi connectivity index (χ0) is 12.3. The first-order valence-corrected chi connectivity index (χ1v) is 5.13. The third-order valence-electron chi connectivity index (χ3n) is 2.28. The summed E-state index contributed by atoms with van der Waals surface area (Å²) >= 11 is 0. The molecule has 0 aliphatic rings. The van der Waals surface area contributed by atoms with Gasteiger partial charge in [-0.15, -0.1) is 0 Å². The lowest BCUT2D eigenvalue weighted by Gasteiger charge is -2.04. The Morgan fingerprint density at radius 2 is 2.29 bits per heavy atom. The average Bonchev–Trinajstić information content (AvgIpc) is 2.68. The number of aryl methyl sites for hydroxylation is 1. The van der Waals surface area contributed by atoms with Crippen LogP contribution in [-0.4, -0.2) is 20.7 Å². The maximum absolute atomic E-state index is 11.7. The predicted molar refractivity (Wildman–Crippen MR) is 64.2 cm³/mol. The Morgan fingerprint density at radius 1 is 1.47 bits per heavy atom. The van der Waals surface area contributed by atoms with Crippen LogP contribution in [0.4, 0.5) is 11.5 Å². The van der Waals surface area contributed by atoms with Crippen molar-refractivity contribution in [3.8, 4) is 0 Å². The predicted octanol–water partition coefficient (Wildman–Crippen LogP) is 0.579. The van der Waals surface area contributed by atoms with Gasteiger partial charge in [-0.1, -0.05) is 0 Å². The van der Waals surface area contributed by atoms with Gasteiger partial charge in [0.25, 0.3) is 0 Å². The van der Waals surface area contributed by atoms with Gasteiger partial charge in [0.1, 0.15) is 5.82 Å². The van der Waals surface area contributed by atoms with E-state index in [9.17, 15) is 4.79 Å². The fourth-order valence-electron chi connectivity index (χ4n) is 1.39. The van der Waals surface area contributed by atoms with Crippen LogP contribution in [0.5, 0.6) is 0 Å². The number of aromatic nitrogens is 3. The van der Waals surface area contributed by atoms with Crippen LogP contribution in [0.2, 0.25) is 0 Å². The third-order valence-corrected chi connectivity index (χ3v) is 2.28. The lowest BCUT2D eigenvalue weighted by Crippen LogP contribution is -2.17. The van der Waals surface area contributed by atoms with Crippen LogP contribution >= 0.6 is 0 Å². The Labute approximate surface area is 98.5 Å². The van der Waals surface area contributed by atoms with Gasteiger partial charge in [-0.2, -0.15) is 5.10 Å². The number of amides is 1. The Bertz CT molecular complexity index is 517. The van der Waals surface area contributed by atoms with E-state index in [1.54, 1.807) is 36.1 Å². The molecular weight excluding hydrogens is 218 g/mol. The number of anilines is 2. The van der Waals surface area contributed by atoms with Gasteiger partial charge in [0.15, 0.2) is 0 Å². The molecular formula is C11H13N5O. The first-order valence-electron chi connectivity index (χ1n) is 5.13. The molecule has 0 radical (unpaired) electrons. The second-order valence-electron chi connectivity index (χ2n) is 3.65. The Hall–Kier alpha value is -2.37. The quantitative estimate of drug-likeness (QED) is 0.809. The fraction of sp³-hybridized carbons (Fsp3) is 0.182. The van der Waals surface area contributed by atoms with E-state index in [2.05, 4.69) is 15.4 Å². The van der Waals surface area contributed by atoms with Crippen molar-refractivity contribution in [2.75, 3.05) is 11.1 Å². The monoisotopic (exact) mass is 231 g/mol. The first-order chi connectivity index (χ1) is 8.15. The maximum Gasteiger partial charge on any atom is 0.231 e. The highest BCUT2D eigenvalue weighted by Gasteiger charge is 2.07. The molecule has 0 saturated carbocycles. The van der Waals surface area contributed by atoms with E-state index in [1.807, 2.05) is 0 Å². The summed E-state index contributed by atoms with van der Waals surface area (Å²) < 4.78 is 1.59. The average molecular weight is 231 g/mol. The van der Waals surface area contributed by atoms with Gasteiger partial charge in [-0.05, 0) is 12.1 Å². The van der Waals surface area contributed by atoms with Crippen molar-refractivity contribution in [2.45, 2.75) is 6.42 Å². The zero-order valence-corrected chi connectivity index (χ0v) is 9.42. The van der Waals surface area contributed by atoms with Crippen LogP contribution in [0.15, 0.2) is 30.6 Å². The molecule has 1 amide bonds. The zero-order valence-electron chi connectivity index (χ0n) is 9.42. The molecule has 0 atom stereocenters. The standard InChI is InChI=1S/C11H13N5O/c1-16-10(4-5-14-16)15-11(17)6-9-3-2-8(12)7-13-9/h2-5,7H,6,12H2,1H3,(H,15,17). The minimum Gasteiger partial charge on any atom is -0.397 e. The number of pyridine rings is 1. The van der Waals surface area contributed by atoms with Gasteiger partial charge >= 0.3 is 0 Å². The van der Waals surface area contributed by atoms with Gasteiger partial charge < -0.3 is 11.1 Å². The van der Waals surface area contributed by atoms with Crippen molar-refractivity contribution < 1.29 is 4.79 Å². The second-order valence-corrected chi connectivity index (χ2v) is 3.65. The van der Waals surface area contributed by atoms with E-state index in [-0.39, 0.29) is 12.3 Å². The number of nitrogens with zero attached hydrogens (tertiary/aromatic N) is 3. The summed E-state index contributed by atoms with van der Waals surface area (Å²) in [5.41, 5.74) is 6.78. The van der Waals surface area contributed by atoms with Gasteiger partial charge in [-0.25, -0.2) is 0 Å². The van der Waals surface area contributed by atoms with E-state index in [0.29, 0.717) is 17.2 Å². The first kappa shape index (κ1) is 11.1. The SMILES string of the molecule is Cn1nccc1NC(=O)Cc1ccc(N)cn1. The number of nitrogens with two attached hydrogens (primary N) is 1. The van der Waals surface area contributed by atoms with Crippen molar-refractivity contribution in [2.24, 2.45) is 7.05 Å². The smallest absolute Gasteiger partial charge is 0.231 e. The summed E-state index contributed by atoms with van der Waals surface area (Å²) in [5.74, 6) is 0.524. The van der Waals surface area contributed by atoms with Crippen LogP contribution < -0.4 is 11.1 Å². The van der Waals surface area contributed by atoms with Gasteiger partial charge in [0, 0.05) is 18.8 Å². The molecule has 17 heavy (non-hydrogen) atoms. The topological polar surface area (TPSA) is 85.8 Å². The lowest BCUT2D eigenvalue weighted by molar-refractivity contribution is -0.115. The van der Waals surface area contributed by atoms with Crippen LogP contribution in [0, 0.1) is 0 Å². The highest BCUT2D eigenvalue weighted by Crippen LogP contribution is 2.06. The molecule has 0 saturated heterocycles. The van der Waals surface area contributed by atoms with Crippen molar-refractivity contribution in [1.82, 2.24) is 14.8 Å². The largest absolute Gasteiger partial charge is 0.397 e. The van der Waals surface area contributed by atoms with Crippen molar-refractivity contribution >= 4 is 17.4 Å². The molecule has 6 nitrogen and oxygen atoms in total. The molecule has 0 unspecified atom stereocenters. The Balaban J connectivity index is 1.98.